The van der Waals surface area contributed by atoms with Gasteiger partial charge >= 0.3 is 0 Å². The molecule has 0 bridgehead atoms. The van der Waals surface area contributed by atoms with Crippen LogP contribution in [0, 0.1) is 0 Å². The number of aromatic nitrogens is 2. The number of hydrogen-bond donors (Lipinski definition) is 0. The Labute approximate surface area is 181 Å². The lowest BCUT2D eigenvalue weighted by molar-refractivity contribution is -0.126. The first-order chi connectivity index (χ1) is 15.1. The highest BCUT2D eigenvalue weighted by atomic mass is 16.5. The summed E-state index contributed by atoms with van der Waals surface area (Å²) in [6, 6.07) is 12.8. The van der Waals surface area contributed by atoms with Gasteiger partial charge in [-0.15, -0.1) is 0 Å². The second kappa shape index (κ2) is 10.3. The molecule has 1 amide bonds. The van der Waals surface area contributed by atoms with E-state index in [4.69, 9.17) is 18.7 Å². The molecular weight excluding hydrogens is 398 g/mol. The summed E-state index contributed by atoms with van der Waals surface area (Å²) in [7, 11) is 4.75. The summed E-state index contributed by atoms with van der Waals surface area (Å²) in [6.07, 6.45) is 3.23. The Kier molecular flexibility index (Phi) is 7.26. The third-order valence-corrected chi connectivity index (χ3v) is 4.66. The van der Waals surface area contributed by atoms with Gasteiger partial charge in [0.1, 0.15) is 12.3 Å². The zero-order valence-corrected chi connectivity index (χ0v) is 18.0. The summed E-state index contributed by atoms with van der Waals surface area (Å²) < 4.78 is 21.0. The van der Waals surface area contributed by atoms with E-state index < -0.39 is 0 Å². The maximum atomic E-state index is 12.7. The Morgan fingerprint density at radius 3 is 2.42 bits per heavy atom. The van der Waals surface area contributed by atoms with Crippen molar-refractivity contribution in [1.29, 1.82) is 0 Å². The number of ether oxygens (including phenoxy) is 3. The molecule has 0 aliphatic carbocycles. The van der Waals surface area contributed by atoms with Crippen LogP contribution in [0.15, 0.2) is 53.1 Å². The van der Waals surface area contributed by atoms with Gasteiger partial charge in [0.25, 0.3) is 0 Å². The first-order valence-corrected chi connectivity index (χ1v) is 9.74. The predicted octanol–water partition coefficient (Wildman–Crippen LogP) is 3.82. The monoisotopic (exact) mass is 423 g/mol. The van der Waals surface area contributed by atoms with Crippen molar-refractivity contribution in [2.24, 2.45) is 0 Å². The van der Waals surface area contributed by atoms with Crippen LogP contribution in [0.2, 0.25) is 0 Å². The molecule has 8 heteroatoms. The normalized spacial score (nSPS) is 10.8. The van der Waals surface area contributed by atoms with E-state index in [2.05, 4.69) is 10.1 Å². The molecule has 0 saturated heterocycles. The van der Waals surface area contributed by atoms with Gasteiger partial charge in [0.05, 0.1) is 21.3 Å². The van der Waals surface area contributed by atoms with E-state index in [-0.39, 0.29) is 12.5 Å². The maximum Gasteiger partial charge on any atom is 0.247 e. The molecule has 0 saturated carbocycles. The average Bonchev–Trinajstić information content (AvgIpc) is 3.29. The van der Waals surface area contributed by atoms with Crippen molar-refractivity contribution in [1.82, 2.24) is 15.0 Å². The molecular formula is C23H25N3O5. The van der Waals surface area contributed by atoms with Crippen molar-refractivity contribution >= 4 is 12.0 Å². The summed E-state index contributed by atoms with van der Waals surface area (Å²) in [5.41, 5.74) is 1.63. The van der Waals surface area contributed by atoms with Crippen LogP contribution in [0.1, 0.15) is 18.4 Å². The SMILES string of the molecule is CCN(Cc1nc(-c2ccc(OC)cc2)no1)C(=O)C=Cc1ccc(OC)c(OC)c1. The van der Waals surface area contributed by atoms with Gasteiger partial charge in [0.15, 0.2) is 11.5 Å². The average molecular weight is 423 g/mol. The van der Waals surface area contributed by atoms with E-state index in [1.807, 2.05) is 37.3 Å². The first kappa shape index (κ1) is 21.9. The number of hydrogen-bond acceptors (Lipinski definition) is 7. The van der Waals surface area contributed by atoms with Gasteiger partial charge in [-0.1, -0.05) is 11.2 Å². The summed E-state index contributed by atoms with van der Waals surface area (Å²) in [5, 5.41) is 4.01. The zero-order valence-electron chi connectivity index (χ0n) is 18.0. The first-order valence-electron chi connectivity index (χ1n) is 9.74. The van der Waals surface area contributed by atoms with Crippen LogP contribution in [0.25, 0.3) is 17.5 Å². The van der Waals surface area contributed by atoms with Gasteiger partial charge < -0.3 is 23.6 Å². The highest BCUT2D eigenvalue weighted by molar-refractivity contribution is 5.91. The molecule has 8 nitrogen and oxygen atoms in total. The molecule has 3 aromatic rings. The second-order valence-corrected chi connectivity index (χ2v) is 6.54. The van der Waals surface area contributed by atoms with Gasteiger partial charge in [0.2, 0.25) is 17.6 Å². The van der Waals surface area contributed by atoms with Crippen LogP contribution in [0.4, 0.5) is 0 Å². The topological polar surface area (TPSA) is 86.9 Å². The molecule has 0 unspecified atom stereocenters. The van der Waals surface area contributed by atoms with E-state index in [9.17, 15) is 4.79 Å². The fraction of sp³-hybridized carbons (Fsp3) is 0.261. The molecule has 0 radical (unpaired) electrons. The van der Waals surface area contributed by atoms with Crippen molar-refractivity contribution in [2.75, 3.05) is 27.9 Å². The maximum absolute atomic E-state index is 12.7. The van der Waals surface area contributed by atoms with E-state index >= 15 is 0 Å². The van der Waals surface area contributed by atoms with Crippen LogP contribution in [0.5, 0.6) is 17.2 Å². The van der Waals surface area contributed by atoms with Gasteiger partial charge in [-0.25, -0.2) is 0 Å². The van der Waals surface area contributed by atoms with Gasteiger partial charge in [-0.2, -0.15) is 4.98 Å². The predicted molar refractivity (Wildman–Crippen MR) is 116 cm³/mol. The Hall–Kier alpha value is -3.81. The Bertz CT molecular complexity index is 1040. The largest absolute Gasteiger partial charge is 0.497 e. The van der Waals surface area contributed by atoms with E-state index in [1.54, 1.807) is 44.4 Å². The molecule has 0 fully saturated rings. The molecule has 31 heavy (non-hydrogen) atoms. The van der Waals surface area contributed by atoms with Crippen LogP contribution < -0.4 is 14.2 Å². The summed E-state index contributed by atoms with van der Waals surface area (Å²) in [6.45, 7) is 2.60. The van der Waals surface area contributed by atoms with Gasteiger partial charge in [-0.05, 0) is 55.0 Å². The molecule has 162 valence electrons. The smallest absolute Gasteiger partial charge is 0.247 e. The molecule has 3 rings (SSSR count). The Balaban J connectivity index is 1.67. The molecule has 0 aliphatic rings. The van der Waals surface area contributed by atoms with Crippen molar-refractivity contribution < 1.29 is 23.5 Å². The minimum atomic E-state index is -0.165. The molecule has 1 aromatic heterocycles. The molecule has 0 aliphatic heterocycles. The van der Waals surface area contributed by atoms with E-state index in [0.717, 1.165) is 16.9 Å². The summed E-state index contributed by atoms with van der Waals surface area (Å²) in [4.78, 5) is 18.7. The van der Waals surface area contributed by atoms with Gasteiger partial charge in [-0.3, -0.25) is 4.79 Å². The summed E-state index contributed by atoms with van der Waals surface area (Å²) >= 11 is 0. The number of carbonyl (C=O) groups is 1. The molecule has 0 atom stereocenters. The number of nitrogens with zero attached hydrogens (tertiary/aromatic N) is 3. The number of rotatable bonds is 9. The Morgan fingerprint density at radius 1 is 1.03 bits per heavy atom. The Morgan fingerprint density at radius 2 is 1.77 bits per heavy atom. The van der Waals surface area contributed by atoms with Crippen LogP contribution in [-0.4, -0.2) is 48.8 Å². The third kappa shape index (κ3) is 5.42. The highest BCUT2D eigenvalue weighted by Gasteiger charge is 2.15. The van der Waals surface area contributed by atoms with Crippen molar-refractivity contribution in [3.8, 4) is 28.6 Å². The highest BCUT2D eigenvalue weighted by Crippen LogP contribution is 2.28. The van der Waals surface area contributed by atoms with Crippen LogP contribution >= 0.6 is 0 Å². The van der Waals surface area contributed by atoms with Crippen LogP contribution in [-0.2, 0) is 11.3 Å². The fourth-order valence-corrected chi connectivity index (χ4v) is 2.91. The standard InChI is InChI=1S/C23H25N3O5/c1-5-26(22(27)13-7-16-6-12-19(29-3)20(14-16)30-4)15-21-24-23(25-31-21)17-8-10-18(28-2)11-9-17/h6-14H,5,15H2,1-4H3. The number of benzene rings is 2. The number of carbonyl (C=O) groups excluding carboxylic acids is 1. The van der Waals surface area contributed by atoms with E-state index in [0.29, 0.717) is 29.8 Å². The quantitative estimate of drug-likeness (QED) is 0.484. The molecule has 1 heterocycles. The zero-order chi connectivity index (χ0) is 22.2. The second-order valence-electron chi connectivity index (χ2n) is 6.54. The molecule has 0 spiro atoms. The fourth-order valence-electron chi connectivity index (χ4n) is 2.91. The number of methoxy groups -OCH3 is 3. The van der Waals surface area contributed by atoms with Crippen LogP contribution in [0.3, 0.4) is 0 Å². The van der Waals surface area contributed by atoms with Crippen molar-refractivity contribution in [3.63, 3.8) is 0 Å². The minimum Gasteiger partial charge on any atom is -0.497 e. The minimum absolute atomic E-state index is 0.165. The lowest BCUT2D eigenvalue weighted by atomic mass is 10.2. The van der Waals surface area contributed by atoms with Crippen molar-refractivity contribution in [2.45, 2.75) is 13.5 Å². The molecule has 2 aromatic carbocycles. The molecule has 0 N–H and O–H groups in total. The number of amides is 1. The lowest BCUT2D eigenvalue weighted by Gasteiger charge is -2.16. The lowest BCUT2D eigenvalue weighted by Crippen LogP contribution is -2.28. The van der Waals surface area contributed by atoms with E-state index in [1.165, 1.54) is 6.08 Å². The summed E-state index contributed by atoms with van der Waals surface area (Å²) in [5.74, 6) is 2.63. The van der Waals surface area contributed by atoms with Gasteiger partial charge in [0, 0.05) is 18.2 Å². The third-order valence-electron chi connectivity index (χ3n) is 4.66. The number of likely N-dealkylation sites (N-methyl/N-ethyl adjacent to an activating group) is 1. The van der Waals surface area contributed by atoms with Crippen molar-refractivity contribution in [3.05, 3.63) is 60.0 Å².